The lowest BCUT2D eigenvalue weighted by molar-refractivity contribution is 0.0212. The van der Waals surface area contributed by atoms with Crippen molar-refractivity contribution in [3.63, 3.8) is 0 Å². The lowest BCUT2D eigenvalue weighted by Gasteiger charge is -2.25. The monoisotopic (exact) mass is 270 g/mol. The lowest BCUT2D eigenvalue weighted by atomic mass is 9.87. The number of nitriles is 1. The Kier molecular flexibility index (Phi) is 3.43. The average Bonchev–Trinajstić information content (AvgIpc) is 3.07. The van der Waals surface area contributed by atoms with Crippen LogP contribution >= 0.6 is 0 Å². The van der Waals surface area contributed by atoms with Crippen molar-refractivity contribution >= 4 is 5.69 Å². The van der Waals surface area contributed by atoms with E-state index in [0.29, 0.717) is 11.8 Å². The predicted octanol–water partition coefficient (Wildman–Crippen LogP) is 3.20. The Hall–Kier alpha value is -1.53. The van der Waals surface area contributed by atoms with Crippen molar-refractivity contribution in [2.45, 2.75) is 32.3 Å². The van der Waals surface area contributed by atoms with Crippen molar-refractivity contribution in [2.24, 2.45) is 11.8 Å². The molecule has 2 fully saturated rings. The summed E-state index contributed by atoms with van der Waals surface area (Å²) in [5, 5.41) is 8.86. The first-order chi connectivity index (χ1) is 9.62. The van der Waals surface area contributed by atoms with Gasteiger partial charge < -0.3 is 9.64 Å². The van der Waals surface area contributed by atoms with Gasteiger partial charge in [0.1, 0.15) is 0 Å². The standard InChI is InChI=1S/C17H22N2O/c1-13(2)15-9-17(20-11-15)7-8-19(12-17)16-5-3-14(10-18)4-6-16/h3-6,13,15H,7-9,11-12H2,1-2H3. The van der Waals surface area contributed by atoms with E-state index >= 15 is 0 Å². The molecule has 2 aliphatic heterocycles. The van der Waals surface area contributed by atoms with Crippen LogP contribution in [0.5, 0.6) is 0 Å². The highest BCUT2D eigenvalue weighted by Crippen LogP contribution is 2.41. The fourth-order valence-corrected chi connectivity index (χ4v) is 3.40. The summed E-state index contributed by atoms with van der Waals surface area (Å²) in [6, 6.07) is 10.1. The first-order valence-electron chi connectivity index (χ1n) is 7.51. The molecule has 0 N–H and O–H groups in total. The molecule has 2 unspecified atom stereocenters. The number of rotatable bonds is 2. The summed E-state index contributed by atoms with van der Waals surface area (Å²) in [6.07, 6.45) is 2.31. The molecule has 0 aromatic heterocycles. The summed E-state index contributed by atoms with van der Waals surface area (Å²) in [5.74, 6) is 1.41. The van der Waals surface area contributed by atoms with Gasteiger partial charge in [0.2, 0.25) is 0 Å². The highest BCUT2D eigenvalue weighted by atomic mass is 16.5. The molecule has 3 rings (SSSR count). The molecule has 0 radical (unpaired) electrons. The van der Waals surface area contributed by atoms with E-state index < -0.39 is 0 Å². The second kappa shape index (κ2) is 5.10. The zero-order valence-corrected chi connectivity index (χ0v) is 12.3. The van der Waals surface area contributed by atoms with Crippen LogP contribution < -0.4 is 4.90 Å². The normalized spacial score (nSPS) is 29.3. The minimum atomic E-state index is 0.0723. The van der Waals surface area contributed by atoms with E-state index in [9.17, 15) is 0 Å². The topological polar surface area (TPSA) is 36.3 Å². The summed E-state index contributed by atoms with van der Waals surface area (Å²) in [4.78, 5) is 2.39. The number of benzene rings is 1. The van der Waals surface area contributed by atoms with Crippen LogP contribution in [0.1, 0.15) is 32.3 Å². The molecule has 20 heavy (non-hydrogen) atoms. The Balaban J connectivity index is 1.69. The maximum atomic E-state index is 8.86. The Morgan fingerprint density at radius 3 is 2.70 bits per heavy atom. The van der Waals surface area contributed by atoms with Crippen LogP contribution in [0.3, 0.4) is 0 Å². The molecule has 1 aromatic rings. The van der Waals surface area contributed by atoms with Crippen molar-refractivity contribution in [3.05, 3.63) is 29.8 Å². The van der Waals surface area contributed by atoms with Crippen LogP contribution in [-0.4, -0.2) is 25.3 Å². The largest absolute Gasteiger partial charge is 0.373 e. The second-order valence-corrected chi connectivity index (χ2v) is 6.53. The number of nitrogens with zero attached hydrogens (tertiary/aromatic N) is 2. The minimum Gasteiger partial charge on any atom is -0.373 e. The number of hydrogen-bond donors (Lipinski definition) is 0. The van der Waals surface area contributed by atoms with E-state index in [1.165, 1.54) is 12.1 Å². The van der Waals surface area contributed by atoms with E-state index in [1.807, 2.05) is 24.3 Å². The molecular formula is C17H22N2O. The maximum absolute atomic E-state index is 8.86. The number of ether oxygens (including phenoxy) is 1. The van der Waals surface area contributed by atoms with Gasteiger partial charge in [0.15, 0.2) is 0 Å². The van der Waals surface area contributed by atoms with E-state index in [1.54, 1.807) is 0 Å². The molecule has 1 spiro atoms. The van der Waals surface area contributed by atoms with Crippen molar-refractivity contribution in [3.8, 4) is 6.07 Å². The van der Waals surface area contributed by atoms with Crippen LogP contribution in [0.25, 0.3) is 0 Å². The molecule has 2 aliphatic rings. The van der Waals surface area contributed by atoms with Crippen LogP contribution in [0.15, 0.2) is 24.3 Å². The Morgan fingerprint density at radius 1 is 1.35 bits per heavy atom. The lowest BCUT2D eigenvalue weighted by Crippen LogP contribution is -2.32. The Bertz CT molecular complexity index is 517. The third-order valence-electron chi connectivity index (χ3n) is 4.86. The summed E-state index contributed by atoms with van der Waals surface area (Å²) >= 11 is 0. The summed E-state index contributed by atoms with van der Waals surface area (Å²) < 4.78 is 6.18. The van der Waals surface area contributed by atoms with Gasteiger partial charge in [-0.05, 0) is 48.9 Å². The number of anilines is 1. The van der Waals surface area contributed by atoms with E-state index in [4.69, 9.17) is 10.00 Å². The van der Waals surface area contributed by atoms with Gasteiger partial charge in [-0.2, -0.15) is 5.26 Å². The molecule has 1 aromatic carbocycles. The van der Waals surface area contributed by atoms with E-state index in [2.05, 4.69) is 24.8 Å². The van der Waals surface area contributed by atoms with Gasteiger partial charge in [-0.25, -0.2) is 0 Å². The first-order valence-corrected chi connectivity index (χ1v) is 7.51. The molecule has 0 saturated carbocycles. The quantitative estimate of drug-likeness (QED) is 0.828. The van der Waals surface area contributed by atoms with Crippen molar-refractivity contribution in [1.82, 2.24) is 0 Å². The molecule has 2 saturated heterocycles. The van der Waals surface area contributed by atoms with Gasteiger partial charge >= 0.3 is 0 Å². The SMILES string of the molecule is CC(C)C1COC2(CCN(c3ccc(C#N)cc3)C2)C1. The maximum Gasteiger partial charge on any atom is 0.0991 e. The van der Waals surface area contributed by atoms with Gasteiger partial charge in [-0.1, -0.05) is 13.8 Å². The van der Waals surface area contributed by atoms with Gasteiger partial charge in [-0.15, -0.1) is 0 Å². The predicted molar refractivity (Wildman–Crippen MR) is 79.6 cm³/mol. The Labute approximate surface area is 121 Å². The van der Waals surface area contributed by atoms with Gasteiger partial charge in [-0.3, -0.25) is 0 Å². The molecule has 0 bridgehead atoms. The van der Waals surface area contributed by atoms with Gasteiger partial charge in [0.25, 0.3) is 0 Å². The van der Waals surface area contributed by atoms with Crippen LogP contribution in [0.2, 0.25) is 0 Å². The second-order valence-electron chi connectivity index (χ2n) is 6.53. The first kappa shape index (κ1) is 13.5. The fraction of sp³-hybridized carbons (Fsp3) is 0.588. The zero-order valence-electron chi connectivity index (χ0n) is 12.3. The van der Waals surface area contributed by atoms with Crippen molar-refractivity contribution in [2.75, 3.05) is 24.6 Å². The minimum absolute atomic E-state index is 0.0723. The van der Waals surface area contributed by atoms with E-state index in [0.717, 1.165) is 31.7 Å². The molecule has 106 valence electrons. The fourth-order valence-electron chi connectivity index (χ4n) is 3.40. The molecule has 3 nitrogen and oxygen atoms in total. The molecule has 0 aliphatic carbocycles. The molecule has 0 amide bonds. The molecular weight excluding hydrogens is 248 g/mol. The van der Waals surface area contributed by atoms with E-state index in [-0.39, 0.29) is 5.60 Å². The summed E-state index contributed by atoms with van der Waals surface area (Å²) in [7, 11) is 0. The van der Waals surface area contributed by atoms with Gasteiger partial charge in [0.05, 0.1) is 23.8 Å². The third-order valence-corrected chi connectivity index (χ3v) is 4.86. The third kappa shape index (κ3) is 2.41. The average molecular weight is 270 g/mol. The van der Waals surface area contributed by atoms with Crippen LogP contribution in [0.4, 0.5) is 5.69 Å². The number of hydrogen-bond acceptors (Lipinski definition) is 3. The van der Waals surface area contributed by atoms with Crippen molar-refractivity contribution < 1.29 is 4.74 Å². The van der Waals surface area contributed by atoms with Crippen LogP contribution in [0, 0.1) is 23.2 Å². The Morgan fingerprint density at radius 2 is 2.10 bits per heavy atom. The molecule has 2 atom stereocenters. The summed E-state index contributed by atoms with van der Waals surface area (Å²) in [5.41, 5.74) is 2.00. The molecule has 2 heterocycles. The highest BCUT2D eigenvalue weighted by molar-refractivity contribution is 5.51. The van der Waals surface area contributed by atoms with Crippen LogP contribution in [-0.2, 0) is 4.74 Å². The smallest absolute Gasteiger partial charge is 0.0991 e. The van der Waals surface area contributed by atoms with Gasteiger partial charge in [0, 0.05) is 18.8 Å². The highest BCUT2D eigenvalue weighted by Gasteiger charge is 2.46. The van der Waals surface area contributed by atoms with Crippen molar-refractivity contribution in [1.29, 1.82) is 5.26 Å². The summed E-state index contributed by atoms with van der Waals surface area (Å²) in [6.45, 7) is 7.54. The molecule has 3 heteroatoms. The zero-order chi connectivity index (χ0) is 14.2.